The molecular formula is C22H29N5O3S. The van der Waals surface area contributed by atoms with Gasteiger partial charge in [-0.15, -0.1) is 0 Å². The van der Waals surface area contributed by atoms with E-state index in [1.807, 2.05) is 31.2 Å². The molecule has 1 amide bonds. The first-order valence-corrected chi connectivity index (χ1v) is 11.7. The van der Waals surface area contributed by atoms with Crippen LogP contribution in [-0.2, 0) is 21.4 Å². The molecule has 1 unspecified atom stereocenters. The molecule has 166 valence electrons. The van der Waals surface area contributed by atoms with E-state index in [0.717, 1.165) is 11.3 Å². The number of aliphatic imine (C=N–C) groups is 1. The van der Waals surface area contributed by atoms with Crippen LogP contribution in [0.4, 0.5) is 5.69 Å². The summed E-state index contributed by atoms with van der Waals surface area (Å²) in [6.07, 6.45) is 0.396. The molecule has 1 heterocycles. The minimum absolute atomic E-state index is 0.00439. The smallest absolute Gasteiger partial charge is 0.242 e. The van der Waals surface area contributed by atoms with Crippen LogP contribution < -0.4 is 16.0 Å². The Morgan fingerprint density at radius 2 is 1.84 bits per heavy atom. The van der Waals surface area contributed by atoms with Crippen LogP contribution in [0.2, 0.25) is 0 Å². The summed E-state index contributed by atoms with van der Waals surface area (Å²) in [5.74, 6) is 0.591. The van der Waals surface area contributed by atoms with Crippen LogP contribution in [0, 0.1) is 0 Å². The molecule has 31 heavy (non-hydrogen) atoms. The molecule has 3 N–H and O–H groups in total. The maximum absolute atomic E-state index is 12.6. The molecule has 0 aromatic heterocycles. The third kappa shape index (κ3) is 5.42. The van der Waals surface area contributed by atoms with E-state index in [1.54, 1.807) is 24.3 Å². The summed E-state index contributed by atoms with van der Waals surface area (Å²) in [5.41, 5.74) is 2.55. The molecule has 3 rings (SSSR count). The molecule has 2 aromatic carbocycles. The van der Waals surface area contributed by atoms with E-state index in [0.29, 0.717) is 31.0 Å². The van der Waals surface area contributed by atoms with E-state index < -0.39 is 10.0 Å². The van der Waals surface area contributed by atoms with Crippen LogP contribution in [0.15, 0.2) is 58.4 Å². The molecule has 1 aliphatic heterocycles. The van der Waals surface area contributed by atoms with Gasteiger partial charge in [0, 0.05) is 45.2 Å². The summed E-state index contributed by atoms with van der Waals surface area (Å²) in [4.78, 5) is 16.9. The van der Waals surface area contributed by atoms with Crippen molar-refractivity contribution in [1.29, 1.82) is 0 Å². The number of amides is 1. The van der Waals surface area contributed by atoms with E-state index in [1.165, 1.54) is 18.4 Å². The zero-order valence-electron chi connectivity index (χ0n) is 18.1. The van der Waals surface area contributed by atoms with E-state index in [2.05, 4.69) is 20.9 Å². The van der Waals surface area contributed by atoms with Gasteiger partial charge in [0.1, 0.15) is 0 Å². The largest absolute Gasteiger partial charge is 0.357 e. The number of sulfonamides is 1. The zero-order chi connectivity index (χ0) is 22.4. The van der Waals surface area contributed by atoms with Gasteiger partial charge in [-0.1, -0.05) is 36.4 Å². The van der Waals surface area contributed by atoms with Crippen LogP contribution in [0.3, 0.4) is 0 Å². The summed E-state index contributed by atoms with van der Waals surface area (Å²) in [6, 6.07) is 14.7. The van der Waals surface area contributed by atoms with Crippen LogP contribution in [-0.4, -0.2) is 51.8 Å². The first-order valence-electron chi connectivity index (χ1n) is 10.2. The highest BCUT2D eigenvalue weighted by Crippen LogP contribution is 2.31. The fourth-order valence-electron chi connectivity index (χ4n) is 3.49. The number of carbonyl (C=O) groups excluding carboxylic acids is 1. The Morgan fingerprint density at radius 3 is 2.58 bits per heavy atom. The molecule has 0 spiro atoms. The maximum Gasteiger partial charge on any atom is 0.242 e. The number of anilines is 1. The van der Waals surface area contributed by atoms with Gasteiger partial charge in [0.05, 0.1) is 11.4 Å². The van der Waals surface area contributed by atoms with Gasteiger partial charge in [-0.3, -0.25) is 4.79 Å². The number of hydrogen-bond acceptors (Lipinski definition) is 4. The fraction of sp³-hybridized carbons (Fsp3) is 0.364. The number of para-hydroxylation sites is 1. The molecule has 0 bridgehead atoms. The summed E-state index contributed by atoms with van der Waals surface area (Å²) in [6.45, 7) is 3.37. The van der Waals surface area contributed by atoms with E-state index >= 15 is 0 Å². The molecule has 0 saturated heterocycles. The molecular weight excluding hydrogens is 414 g/mol. The predicted molar refractivity (Wildman–Crippen MR) is 123 cm³/mol. The Kier molecular flexibility index (Phi) is 7.29. The van der Waals surface area contributed by atoms with Gasteiger partial charge in [0.15, 0.2) is 5.96 Å². The van der Waals surface area contributed by atoms with Crippen molar-refractivity contribution in [3.63, 3.8) is 0 Å². The lowest BCUT2D eigenvalue weighted by molar-refractivity contribution is -0.116. The van der Waals surface area contributed by atoms with E-state index in [-0.39, 0.29) is 23.3 Å². The van der Waals surface area contributed by atoms with Gasteiger partial charge in [-0.05, 0) is 30.2 Å². The van der Waals surface area contributed by atoms with E-state index in [9.17, 15) is 13.2 Å². The number of hydrogen-bond donors (Lipinski definition) is 3. The second-order valence-corrected chi connectivity index (χ2v) is 9.63. The standard InChI is InChI=1S/C22H29N5O3S/c1-4-23-22(24-14-16-9-5-8-12-20(16)31(29,30)27(2)3)25-15-17-13-21(28)26-19-11-7-6-10-18(17)19/h5-12,17H,4,13-15H2,1-3H3,(H,26,28)(H2,23,24,25). The van der Waals surface area contributed by atoms with Crippen molar-refractivity contribution < 1.29 is 13.2 Å². The van der Waals surface area contributed by atoms with Gasteiger partial charge in [-0.2, -0.15) is 0 Å². The number of carbonyl (C=O) groups is 1. The molecule has 1 aliphatic rings. The number of benzene rings is 2. The third-order valence-electron chi connectivity index (χ3n) is 5.11. The molecule has 0 saturated carbocycles. The van der Waals surface area contributed by atoms with Crippen molar-refractivity contribution in [2.75, 3.05) is 32.5 Å². The topological polar surface area (TPSA) is 103 Å². The lowest BCUT2D eigenvalue weighted by Crippen LogP contribution is -2.40. The molecule has 0 radical (unpaired) electrons. The predicted octanol–water partition coefficient (Wildman–Crippen LogP) is 2.12. The van der Waals surface area contributed by atoms with Crippen LogP contribution >= 0.6 is 0 Å². The summed E-state index contributed by atoms with van der Waals surface area (Å²) >= 11 is 0. The highest BCUT2D eigenvalue weighted by atomic mass is 32.2. The highest BCUT2D eigenvalue weighted by molar-refractivity contribution is 7.89. The minimum Gasteiger partial charge on any atom is -0.357 e. The van der Waals surface area contributed by atoms with Crippen molar-refractivity contribution in [3.8, 4) is 0 Å². The normalized spacial score (nSPS) is 16.6. The lowest BCUT2D eigenvalue weighted by Gasteiger charge is -2.26. The van der Waals surface area contributed by atoms with Gasteiger partial charge in [-0.25, -0.2) is 17.7 Å². The Labute approximate surface area is 183 Å². The van der Waals surface area contributed by atoms with Gasteiger partial charge < -0.3 is 16.0 Å². The Morgan fingerprint density at radius 1 is 1.13 bits per heavy atom. The van der Waals surface area contributed by atoms with Crippen molar-refractivity contribution in [3.05, 3.63) is 59.7 Å². The molecule has 8 nitrogen and oxygen atoms in total. The quantitative estimate of drug-likeness (QED) is 0.449. The number of rotatable bonds is 7. The Balaban J connectivity index is 1.76. The van der Waals surface area contributed by atoms with Gasteiger partial charge >= 0.3 is 0 Å². The second-order valence-electron chi connectivity index (χ2n) is 7.51. The summed E-state index contributed by atoms with van der Waals surface area (Å²) in [7, 11) is -0.532. The molecule has 0 fully saturated rings. The van der Waals surface area contributed by atoms with Crippen LogP contribution in [0.25, 0.3) is 0 Å². The summed E-state index contributed by atoms with van der Waals surface area (Å²) in [5, 5.41) is 9.39. The Hall–Kier alpha value is -2.91. The molecule has 1 atom stereocenters. The number of nitrogens with zero attached hydrogens (tertiary/aromatic N) is 2. The first-order chi connectivity index (χ1) is 14.8. The average molecular weight is 444 g/mol. The van der Waals surface area contributed by atoms with Crippen molar-refractivity contribution in [1.82, 2.24) is 14.9 Å². The number of guanidine groups is 1. The monoisotopic (exact) mass is 443 g/mol. The second kappa shape index (κ2) is 9.93. The molecule has 2 aromatic rings. The van der Waals surface area contributed by atoms with Crippen molar-refractivity contribution in [2.45, 2.75) is 30.7 Å². The van der Waals surface area contributed by atoms with E-state index in [4.69, 9.17) is 0 Å². The SMILES string of the molecule is CCNC(=NCc1ccccc1S(=O)(=O)N(C)C)NCC1CC(=O)Nc2ccccc21. The van der Waals surface area contributed by atoms with Crippen molar-refractivity contribution in [2.24, 2.45) is 4.99 Å². The van der Waals surface area contributed by atoms with Gasteiger partial charge in [0.2, 0.25) is 15.9 Å². The average Bonchev–Trinajstić information content (AvgIpc) is 2.75. The van der Waals surface area contributed by atoms with Crippen LogP contribution in [0.1, 0.15) is 30.4 Å². The maximum atomic E-state index is 12.6. The lowest BCUT2D eigenvalue weighted by atomic mass is 9.90. The highest BCUT2D eigenvalue weighted by Gasteiger charge is 2.25. The molecule has 0 aliphatic carbocycles. The zero-order valence-corrected chi connectivity index (χ0v) is 18.9. The number of fused-ring (bicyclic) bond motifs is 1. The minimum atomic E-state index is -3.56. The third-order valence-corrected chi connectivity index (χ3v) is 7.02. The number of nitrogens with one attached hydrogen (secondary N) is 3. The van der Waals surface area contributed by atoms with Crippen molar-refractivity contribution >= 4 is 27.6 Å². The molecule has 9 heteroatoms. The first kappa shape index (κ1) is 22.8. The van der Waals surface area contributed by atoms with Gasteiger partial charge in [0.25, 0.3) is 0 Å². The fourth-order valence-corrected chi connectivity index (χ4v) is 4.60. The van der Waals surface area contributed by atoms with Crippen LogP contribution in [0.5, 0.6) is 0 Å². The summed E-state index contributed by atoms with van der Waals surface area (Å²) < 4.78 is 26.4. The Bertz CT molecular complexity index is 1070.